The molecule has 22 heavy (non-hydrogen) atoms. The molecule has 0 fully saturated rings. The van der Waals surface area contributed by atoms with Gasteiger partial charge in [0.05, 0.1) is 12.7 Å². The topological polar surface area (TPSA) is 79.2 Å². The van der Waals surface area contributed by atoms with E-state index in [2.05, 4.69) is 34.1 Å². The molecule has 2 atom stereocenters. The monoisotopic (exact) mass is 322 g/mol. The van der Waals surface area contributed by atoms with Crippen LogP contribution in [-0.2, 0) is 12.6 Å². The number of nitrogens with zero attached hydrogens (tertiary/aromatic N) is 2. The highest BCUT2D eigenvalue weighted by Gasteiger charge is 2.25. The SMILES string of the molecule is CC(CNC(=O)NCC(C)(O)c1cnn(C)c1)c1ccsc1. The second-order valence-electron chi connectivity index (χ2n) is 5.70. The van der Waals surface area contributed by atoms with E-state index in [4.69, 9.17) is 0 Å². The number of nitrogens with one attached hydrogen (secondary N) is 2. The molecule has 0 spiro atoms. The van der Waals surface area contributed by atoms with E-state index in [1.54, 1.807) is 42.4 Å². The van der Waals surface area contributed by atoms with Gasteiger partial charge in [-0.3, -0.25) is 4.68 Å². The van der Waals surface area contributed by atoms with Gasteiger partial charge in [0, 0.05) is 25.4 Å². The van der Waals surface area contributed by atoms with E-state index in [1.807, 2.05) is 5.38 Å². The van der Waals surface area contributed by atoms with E-state index in [0.29, 0.717) is 12.1 Å². The Morgan fingerprint density at radius 2 is 2.32 bits per heavy atom. The molecular weight excluding hydrogens is 300 g/mol. The Balaban J connectivity index is 1.77. The van der Waals surface area contributed by atoms with Crippen molar-refractivity contribution in [1.29, 1.82) is 0 Å². The molecule has 2 heterocycles. The predicted octanol–water partition coefficient (Wildman–Crippen LogP) is 1.79. The number of thiophene rings is 1. The molecule has 0 aromatic carbocycles. The highest BCUT2D eigenvalue weighted by Crippen LogP contribution is 2.19. The second-order valence-corrected chi connectivity index (χ2v) is 6.48. The van der Waals surface area contributed by atoms with Crippen LogP contribution < -0.4 is 10.6 Å². The van der Waals surface area contributed by atoms with Crippen molar-refractivity contribution in [2.45, 2.75) is 25.4 Å². The number of rotatable bonds is 6. The number of amides is 2. The van der Waals surface area contributed by atoms with E-state index in [1.165, 1.54) is 5.56 Å². The lowest BCUT2D eigenvalue weighted by Gasteiger charge is -2.22. The molecule has 0 aliphatic heterocycles. The van der Waals surface area contributed by atoms with Gasteiger partial charge < -0.3 is 15.7 Å². The maximum atomic E-state index is 11.8. The summed E-state index contributed by atoms with van der Waals surface area (Å²) in [7, 11) is 1.78. The van der Waals surface area contributed by atoms with Gasteiger partial charge in [-0.25, -0.2) is 4.79 Å². The Morgan fingerprint density at radius 1 is 1.55 bits per heavy atom. The Kier molecular flexibility index (Phi) is 5.20. The van der Waals surface area contributed by atoms with Crippen LogP contribution >= 0.6 is 11.3 Å². The summed E-state index contributed by atoms with van der Waals surface area (Å²) in [6, 6.07) is 1.77. The molecule has 2 unspecified atom stereocenters. The molecule has 0 bridgehead atoms. The zero-order valence-corrected chi connectivity index (χ0v) is 13.9. The van der Waals surface area contributed by atoms with Crippen molar-refractivity contribution in [3.8, 4) is 0 Å². The number of aliphatic hydroxyl groups is 1. The van der Waals surface area contributed by atoms with Crippen molar-refractivity contribution in [2.24, 2.45) is 7.05 Å². The summed E-state index contributed by atoms with van der Waals surface area (Å²) in [5.74, 6) is 0.260. The molecule has 2 aromatic heterocycles. The zero-order valence-electron chi connectivity index (χ0n) is 13.0. The number of aromatic nitrogens is 2. The van der Waals surface area contributed by atoms with Gasteiger partial charge in [0.1, 0.15) is 5.60 Å². The average Bonchev–Trinajstić information content (AvgIpc) is 3.14. The van der Waals surface area contributed by atoms with Crippen molar-refractivity contribution in [3.05, 3.63) is 40.3 Å². The van der Waals surface area contributed by atoms with Crippen LogP contribution in [0.1, 0.15) is 30.9 Å². The first-order valence-corrected chi connectivity index (χ1v) is 8.08. The van der Waals surface area contributed by atoms with Gasteiger partial charge in [0.15, 0.2) is 0 Å². The Hall–Kier alpha value is -1.86. The van der Waals surface area contributed by atoms with Crippen molar-refractivity contribution in [3.63, 3.8) is 0 Å². The molecule has 120 valence electrons. The number of carbonyl (C=O) groups is 1. The van der Waals surface area contributed by atoms with Crippen LogP contribution in [0.15, 0.2) is 29.2 Å². The van der Waals surface area contributed by atoms with E-state index in [0.717, 1.165) is 0 Å². The summed E-state index contributed by atoms with van der Waals surface area (Å²) >= 11 is 1.65. The minimum absolute atomic E-state index is 0.122. The maximum absolute atomic E-state index is 11.8. The molecular formula is C15H22N4O2S. The Bertz CT molecular complexity index is 607. The van der Waals surface area contributed by atoms with E-state index in [-0.39, 0.29) is 18.5 Å². The molecule has 3 N–H and O–H groups in total. The normalized spacial score (nSPS) is 15.1. The van der Waals surface area contributed by atoms with Crippen LogP contribution in [0.4, 0.5) is 4.79 Å². The third-order valence-electron chi connectivity index (χ3n) is 3.60. The number of urea groups is 1. The first kappa shape index (κ1) is 16.5. The van der Waals surface area contributed by atoms with Gasteiger partial charge in [0.25, 0.3) is 0 Å². The van der Waals surface area contributed by atoms with Crippen molar-refractivity contribution >= 4 is 17.4 Å². The molecule has 0 aliphatic carbocycles. The molecule has 2 aromatic rings. The summed E-state index contributed by atoms with van der Waals surface area (Å²) in [5.41, 5.74) is 0.736. The van der Waals surface area contributed by atoms with Gasteiger partial charge >= 0.3 is 6.03 Å². The lowest BCUT2D eigenvalue weighted by atomic mass is 10.00. The van der Waals surface area contributed by atoms with Gasteiger partial charge in [-0.1, -0.05) is 6.92 Å². The van der Waals surface area contributed by atoms with Crippen LogP contribution in [0, 0.1) is 0 Å². The molecule has 0 saturated carbocycles. The summed E-state index contributed by atoms with van der Waals surface area (Å²) in [6.45, 7) is 4.39. The third kappa shape index (κ3) is 4.32. The van der Waals surface area contributed by atoms with Gasteiger partial charge in [0.2, 0.25) is 0 Å². The lowest BCUT2D eigenvalue weighted by Crippen LogP contribution is -2.44. The number of carbonyl (C=O) groups excluding carboxylic acids is 1. The van der Waals surface area contributed by atoms with E-state index in [9.17, 15) is 9.90 Å². The first-order chi connectivity index (χ1) is 10.4. The Labute approximate surface area is 134 Å². The largest absolute Gasteiger partial charge is 0.383 e. The maximum Gasteiger partial charge on any atom is 0.314 e. The van der Waals surface area contributed by atoms with Gasteiger partial charge in [-0.2, -0.15) is 16.4 Å². The lowest BCUT2D eigenvalue weighted by molar-refractivity contribution is 0.0593. The zero-order chi connectivity index (χ0) is 16.2. The Morgan fingerprint density at radius 3 is 2.91 bits per heavy atom. The molecule has 0 radical (unpaired) electrons. The fraction of sp³-hybridized carbons (Fsp3) is 0.467. The van der Waals surface area contributed by atoms with Gasteiger partial charge in [-0.05, 0) is 35.2 Å². The second kappa shape index (κ2) is 6.93. The fourth-order valence-electron chi connectivity index (χ4n) is 2.04. The smallest absolute Gasteiger partial charge is 0.314 e. The highest BCUT2D eigenvalue weighted by molar-refractivity contribution is 7.07. The highest BCUT2D eigenvalue weighted by atomic mass is 32.1. The quantitative estimate of drug-likeness (QED) is 0.758. The van der Waals surface area contributed by atoms with Crippen molar-refractivity contribution in [1.82, 2.24) is 20.4 Å². The summed E-state index contributed by atoms with van der Waals surface area (Å²) in [5, 5.41) is 24.0. The van der Waals surface area contributed by atoms with E-state index >= 15 is 0 Å². The number of hydrogen-bond donors (Lipinski definition) is 3. The molecule has 0 saturated heterocycles. The number of aryl methyl sites for hydroxylation is 1. The average molecular weight is 322 g/mol. The first-order valence-electron chi connectivity index (χ1n) is 7.14. The van der Waals surface area contributed by atoms with Crippen LogP contribution in [0.2, 0.25) is 0 Å². The summed E-state index contributed by atoms with van der Waals surface area (Å²) < 4.78 is 1.62. The van der Waals surface area contributed by atoms with Gasteiger partial charge in [-0.15, -0.1) is 0 Å². The van der Waals surface area contributed by atoms with Crippen LogP contribution in [0.5, 0.6) is 0 Å². The third-order valence-corrected chi connectivity index (χ3v) is 4.30. The van der Waals surface area contributed by atoms with Crippen LogP contribution in [-0.4, -0.2) is 34.0 Å². The molecule has 2 amide bonds. The molecule has 0 aliphatic rings. The minimum atomic E-state index is -1.15. The fourth-order valence-corrected chi connectivity index (χ4v) is 2.82. The summed E-state index contributed by atoms with van der Waals surface area (Å²) in [4.78, 5) is 11.8. The van der Waals surface area contributed by atoms with Crippen molar-refractivity contribution in [2.75, 3.05) is 13.1 Å². The molecule has 6 nitrogen and oxygen atoms in total. The summed E-state index contributed by atoms with van der Waals surface area (Å²) in [6.07, 6.45) is 3.33. The molecule has 7 heteroatoms. The van der Waals surface area contributed by atoms with Crippen LogP contribution in [0.25, 0.3) is 0 Å². The van der Waals surface area contributed by atoms with Crippen molar-refractivity contribution < 1.29 is 9.90 Å². The molecule has 2 rings (SSSR count). The van der Waals surface area contributed by atoms with Crippen LogP contribution in [0.3, 0.4) is 0 Å². The van der Waals surface area contributed by atoms with E-state index < -0.39 is 5.60 Å². The standard InChI is InChI=1S/C15H22N4O2S/c1-11(12-4-5-22-9-12)6-16-14(20)17-10-15(2,21)13-7-18-19(3)8-13/h4-5,7-9,11,21H,6,10H2,1-3H3,(H2,16,17,20). The predicted molar refractivity (Wildman–Crippen MR) is 86.9 cm³/mol. The minimum Gasteiger partial charge on any atom is -0.383 e. The number of hydrogen-bond acceptors (Lipinski definition) is 4.